The molecule has 70 heavy (non-hydrogen) atoms. The SMILES string of the molecule is Cc1c(COc2cc(OCc3cncc(C#N)c3)c(CNC(CCO)C(=O)O)cc2Cl)cccc1-n1cccc(COc2cc(OCc3cncc(C#N)c3)c(CNC(CCO)C(=O)O)cc2Cl)c1=O. The number of hydrogen-bond donors (Lipinski definition) is 6. The molecule has 0 fully saturated rings. The van der Waals surface area contributed by atoms with E-state index in [2.05, 4.69) is 20.6 Å². The Morgan fingerprint density at radius 1 is 0.657 bits per heavy atom. The normalized spacial score (nSPS) is 11.8. The third kappa shape index (κ3) is 13.8. The highest BCUT2D eigenvalue weighted by Crippen LogP contribution is 2.36. The summed E-state index contributed by atoms with van der Waals surface area (Å²) < 4.78 is 26.1. The van der Waals surface area contributed by atoms with Crippen molar-refractivity contribution in [2.45, 2.75) is 71.4 Å². The van der Waals surface area contributed by atoms with Gasteiger partial charge in [-0.2, -0.15) is 10.5 Å². The summed E-state index contributed by atoms with van der Waals surface area (Å²) >= 11 is 13.4. The van der Waals surface area contributed by atoms with Crippen molar-refractivity contribution in [3.05, 3.63) is 168 Å². The van der Waals surface area contributed by atoms with Gasteiger partial charge in [0, 0.05) is 91.7 Å². The van der Waals surface area contributed by atoms with Crippen LogP contribution in [0.5, 0.6) is 23.0 Å². The second-order valence-electron chi connectivity index (χ2n) is 15.7. The topological polar surface area (TPSA) is 271 Å². The fraction of sp³-hybridized carbons (Fsp3) is 0.260. The van der Waals surface area contributed by atoms with Crippen LogP contribution >= 0.6 is 23.2 Å². The van der Waals surface area contributed by atoms with E-state index in [4.69, 9.17) is 42.1 Å². The van der Waals surface area contributed by atoms with Gasteiger partial charge in [0.2, 0.25) is 0 Å². The van der Waals surface area contributed by atoms with Gasteiger partial charge in [-0.3, -0.25) is 28.9 Å². The Balaban J connectivity index is 1.21. The van der Waals surface area contributed by atoms with Gasteiger partial charge in [0.25, 0.3) is 5.56 Å². The Bertz CT molecular complexity index is 2980. The zero-order valence-electron chi connectivity index (χ0n) is 37.6. The monoisotopic (exact) mass is 991 g/mol. The molecule has 362 valence electrons. The molecule has 0 radical (unpaired) electrons. The van der Waals surface area contributed by atoms with Gasteiger partial charge in [-0.05, 0) is 73.4 Å². The molecule has 6 N–H and O–H groups in total. The molecular formula is C50H47Cl2N7O11. The Hall–Kier alpha value is -7.55. The fourth-order valence-electron chi connectivity index (χ4n) is 7.08. The van der Waals surface area contributed by atoms with Crippen molar-refractivity contribution in [1.82, 2.24) is 25.2 Å². The van der Waals surface area contributed by atoms with E-state index in [9.17, 15) is 45.3 Å². The van der Waals surface area contributed by atoms with Crippen LogP contribution in [0.15, 0.2) is 103 Å². The third-order valence-corrected chi connectivity index (χ3v) is 11.4. The van der Waals surface area contributed by atoms with Crippen molar-refractivity contribution in [3.8, 4) is 40.8 Å². The number of pyridine rings is 3. The predicted octanol–water partition coefficient (Wildman–Crippen LogP) is 6.15. The summed E-state index contributed by atoms with van der Waals surface area (Å²) in [5.41, 5.74) is 4.80. The maximum absolute atomic E-state index is 14.1. The maximum atomic E-state index is 14.1. The first kappa shape index (κ1) is 51.8. The Morgan fingerprint density at radius 3 is 1.60 bits per heavy atom. The van der Waals surface area contributed by atoms with Gasteiger partial charge in [0.05, 0.1) is 32.4 Å². The van der Waals surface area contributed by atoms with Crippen LogP contribution in [0.2, 0.25) is 10.0 Å². The molecule has 6 rings (SSSR count). The molecule has 0 aliphatic rings. The summed E-state index contributed by atoms with van der Waals surface area (Å²) in [5.74, 6) is -1.25. The molecule has 6 aromatic rings. The van der Waals surface area contributed by atoms with Crippen molar-refractivity contribution in [2.24, 2.45) is 0 Å². The molecule has 0 aliphatic carbocycles. The van der Waals surface area contributed by atoms with E-state index in [-0.39, 0.29) is 104 Å². The number of carbonyl (C=O) groups is 2. The molecule has 0 aliphatic heterocycles. The number of ether oxygens (including phenoxy) is 4. The summed E-state index contributed by atoms with van der Waals surface area (Å²) in [4.78, 5) is 45.8. The minimum atomic E-state index is -1.14. The largest absolute Gasteiger partial charge is 0.488 e. The van der Waals surface area contributed by atoms with Gasteiger partial charge in [0.1, 0.15) is 73.6 Å². The van der Waals surface area contributed by atoms with E-state index in [1.807, 2.05) is 25.1 Å². The number of rotatable bonds is 25. The molecule has 0 saturated carbocycles. The van der Waals surface area contributed by atoms with Crippen LogP contribution < -0.4 is 35.1 Å². The van der Waals surface area contributed by atoms with Crippen LogP contribution in [-0.4, -0.2) is 72.2 Å². The smallest absolute Gasteiger partial charge is 0.320 e. The van der Waals surface area contributed by atoms with Crippen LogP contribution in [0.4, 0.5) is 0 Å². The number of carboxylic acids is 2. The molecule has 20 heteroatoms. The Labute approximate surface area is 411 Å². The summed E-state index contributed by atoms with van der Waals surface area (Å²) in [5, 5.41) is 62.8. The highest BCUT2D eigenvalue weighted by molar-refractivity contribution is 6.32. The van der Waals surface area contributed by atoms with Crippen LogP contribution in [-0.2, 0) is 49.1 Å². The molecule has 2 atom stereocenters. The van der Waals surface area contributed by atoms with Gasteiger partial charge >= 0.3 is 11.9 Å². The second-order valence-corrected chi connectivity index (χ2v) is 16.5. The van der Waals surface area contributed by atoms with Crippen molar-refractivity contribution >= 4 is 35.1 Å². The highest BCUT2D eigenvalue weighted by Gasteiger charge is 2.21. The zero-order valence-corrected chi connectivity index (χ0v) is 39.1. The van der Waals surface area contributed by atoms with E-state index >= 15 is 0 Å². The quantitative estimate of drug-likeness (QED) is 0.0375. The lowest BCUT2D eigenvalue weighted by Crippen LogP contribution is -2.37. The number of aromatic nitrogens is 3. The molecule has 0 bridgehead atoms. The van der Waals surface area contributed by atoms with Crippen LogP contribution in [0.25, 0.3) is 5.69 Å². The van der Waals surface area contributed by atoms with E-state index in [1.165, 1.54) is 23.0 Å². The number of benzene rings is 3. The van der Waals surface area contributed by atoms with E-state index in [0.29, 0.717) is 44.8 Å². The van der Waals surface area contributed by atoms with Crippen molar-refractivity contribution in [3.63, 3.8) is 0 Å². The number of aliphatic hydroxyl groups is 2. The number of carboxylic acid groups (broad SMARTS) is 2. The van der Waals surface area contributed by atoms with Gasteiger partial charge in [-0.15, -0.1) is 0 Å². The molecular weight excluding hydrogens is 945 g/mol. The average molecular weight is 993 g/mol. The minimum absolute atomic E-state index is 0.00330. The minimum Gasteiger partial charge on any atom is -0.488 e. The number of nitrogens with zero attached hydrogens (tertiary/aromatic N) is 5. The van der Waals surface area contributed by atoms with Crippen LogP contribution in [0.3, 0.4) is 0 Å². The zero-order chi connectivity index (χ0) is 50.2. The predicted molar refractivity (Wildman–Crippen MR) is 255 cm³/mol. The van der Waals surface area contributed by atoms with Gasteiger partial charge < -0.3 is 50.0 Å². The van der Waals surface area contributed by atoms with Crippen molar-refractivity contribution in [1.29, 1.82) is 10.5 Å². The number of nitriles is 2. The lowest BCUT2D eigenvalue weighted by molar-refractivity contribution is -0.140. The average Bonchev–Trinajstić information content (AvgIpc) is 3.35. The van der Waals surface area contributed by atoms with Gasteiger partial charge in [0.15, 0.2) is 0 Å². The van der Waals surface area contributed by atoms with Crippen molar-refractivity contribution in [2.75, 3.05) is 13.2 Å². The number of nitrogens with one attached hydrogen (secondary N) is 2. The van der Waals surface area contributed by atoms with Crippen LogP contribution in [0, 0.1) is 29.6 Å². The number of hydrogen-bond acceptors (Lipinski definition) is 15. The lowest BCUT2D eigenvalue weighted by atomic mass is 10.1. The highest BCUT2D eigenvalue weighted by atomic mass is 35.5. The first-order chi connectivity index (χ1) is 33.8. The molecule has 0 saturated heterocycles. The molecule has 0 amide bonds. The number of aliphatic carboxylic acids is 2. The van der Waals surface area contributed by atoms with Gasteiger partial charge in [-0.1, -0.05) is 35.3 Å². The summed E-state index contributed by atoms with van der Waals surface area (Å²) in [6, 6.07) is 20.2. The fourth-order valence-corrected chi connectivity index (χ4v) is 7.56. The molecule has 3 heterocycles. The van der Waals surface area contributed by atoms with E-state index in [0.717, 1.165) is 11.1 Å². The standard InChI is InChI=1S/C50H47Cl2N7O11/c1-30-35(28-69-46-16-44(67-26-33-12-31(18-53)20-55-22-33)37(14-39(46)51)24-57-41(7-10-60)49(63)64)4-2-6-43(30)59-9-3-5-36(48(59)62)29-70-47-17-45(68-27-34-13-32(19-54)21-56-23-34)38(15-40(47)52)25-58-42(8-11-61)50(65)66/h2-6,9,12-17,20-23,41-42,57-58,60-61H,7-8,10-11,24-29H2,1H3,(H,63,64)(H,65,66). The number of halogens is 2. The first-order valence-corrected chi connectivity index (χ1v) is 22.4. The summed E-state index contributed by atoms with van der Waals surface area (Å²) in [6.45, 7) is 1.03. The number of aliphatic hydroxyl groups excluding tert-OH is 2. The third-order valence-electron chi connectivity index (χ3n) is 10.8. The molecule has 0 spiro atoms. The summed E-state index contributed by atoms with van der Waals surface area (Å²) in [6.07, 6.45) is 7.51. The lowest BCUT2D eigenvalue weighted by Gasteiger charge is -2.19. The molecule has 18 nitrogen and oxygen atoms in total. The Morgan fingerprint density at radius 2 is 1.13 bits per heavy atom. The maximum Gasteiger partial charge on any atom is 0.320 e. The molecule has 3 aromatic carbocycles. The summed E-state index contributed by atoms with van der Waals surface area (Å²) in [7, 11) is 0. The van der Waals surface area contributed by atoms with Crippen LogP contribution in [0.1, 0.15) is 62.9 Å². The van der Waals surface area contributed by atoms with E-state index < -0.39 is 24.0 Å². The Kier molecular flexibility index (Phi) is 18.6. The van der Waals surface area contributed by atoms with Crippen molar-refractivity contribution < 1.29 is 49.0 Å². The first-order valence-electron chi connectivity index (χ1n) is 21.6. The molecule has 2 unspecified atom stereocenters. The molecule has 3 aromatic heterocycles. The van der Waals surface area contributed by atoms with E-state index in [1.54, 1.807) is 73.2 Å². The van der Waals surface area contributed by atoms with Gasteiger partial charge in [-0.25, -0.2) is 0 Å². The second kappa shape index (κ2) is 25.2.